The SMILES string of the molecule is COc1ccc(Cl)cc1Nc1nc(C)cc(C(=O)NC(C)c2ccccc2)n1. The fraction of sp³-hybridized carbons (Fsp3) is 0.190. The second kappa shape index (κ2) is 8.71. The van der Waals surface area contributed by atoms with Gasteiger partial charge in [0.15, 0.2) is 0 Å². The molecule has 1 heterocycles. The third kappa shape index (κ3) is 4.78. The number of hydrogen-bond donors (Lipinski definition) is 2. The molecule has 3 rings (SSSR count). The number of benzene rings is 2. The first-order valence-corrected chi connectivity index (χ1v) is 9.16. The molecule has 1 atom stereocenters. The van der Waals surface area contributed by atoms with E-state index >= 15 is 0 Å². The van der Waals surface area contributed by atoms with E-state index in [1.165, 1.54) is 0 Å². The van der Waals surface area contributed by atoms with E-state index in [-0.39, 0.29) is 23.6 Å². The molecule has 2 N–H and O–H groups in total. The molecule has 0 fully saturated rings. The molecule has 6 nitrogen and oxygen atoms in total. The van der Waals surface area contributed by atoms with Gasteiger partial charge in [0.05, 0.1) is 18.8 Å². The minimum atomic E-state index is -0.275. The van der Waals surface area contributed by atoms with Gasteiger partial charge in [-0.2, -0.15) is 0 Å². The van der Waals surface area contributed by atoms with Crippen molar-refractivity contribution >= 4 is 29.1 Å². The molecular weight excluding hydrogens is 376 g/mol. The molecule has 0 aliphatic carbocycles. The number of aryl methyl sites for hydroxylation is 1. The van der Waals surface area contributed by atoms with E-state index in [0.717, 1.165) is 5.56 Å². The van der Waals surface area contributed by atoms with Crippen molar-refractivity contribution in [3.63, 3.8) is 0 Å². The highest BCUT2D eigenvalue weighted by molar-refractivity contribution is 6.31. The Morgan fingerprint density at radius 2 is 1.86 bits per heavy atom. The summed E-state index contributed by atoms with van der Waals surface area (Å²) in [6, 6.07) is 16.4. The highest BCUT2D eigenvalue weighted by Crippen LogP contribution is 2.29. The highest BCUT2D eigenvalue weighted by atomic mass is 35.5. The van der Waals surface area contributed by atoms with Crippen LogP contribution in [0.5, 0.6) is 5.75 Å². The Morgan fingerprint density at radius 3 is 2.57 bits per heavy atom. The fourth-order valence-electron chi connectivity index (χ4n) is 2.73. The van der Waals surface area contributed by atoms with Crippen molar-refractivity contribution < 1.29 is 9.53 Å². The normalized spacial score (nSPS) is 11.6. The van der Waals surface area contributed by atoms with Crippen molar-refractivity contribution in [2.75, 3.05) is 12.4 Å². The van der Waals surface area contributed by atoms with Gasteiger partial charge < -0.3 is 15.4 Å². The lowest BCUT2D eigenvalue weighted by Gasteiger charge is -2.15. The number of amides is 1. The molecule has 0 saturated heterocycles. The van der Waals surface area contributed by atoms with E-state index in [2.05, 4.69) is 20.6 Å². The minimum absolute atomic E-state index is 0.145. The molecule has 0 aliphatic heterocycles. The molecule has 0 aliphatic rings. The van der Waals surface area contributed by atoms with Crippen LogP contribution in [0.4, 0.5) is 11.6 Å². The second-order valence-corrected chi connectivity index (χ2v) is 6.73. The van der Waals surface area contributed by atoms with Gasteiger partial charge in [0.25, 0.3) is 5.91 Å². The molecule has 0 radical (unpaired) electrons. The molecule has 28 heavy (non-hydrogen) atoms. The number of nitrogens with zero attached hydrogens (tertiary/aromatic N) is 2. The first-order chi connectivity index (χ1) is 13.5. The number of nitrogens with one attached hydrogen (secondary N) is 2. The van der Waals surface area contributed by atoms with E-state index in [9.17, 15) is 4.79 Å². The van der Waals surface area contributed by atoms with E-state index < -0.39 is 0 Å². The van der Waals surface area contributed by atoms with Gasteiger partial charge in [-0.15, -0.1) is 0 Å². The number of anilines is 2. The summed E-state index contributed by atoms with van der Waals surface area (Å²) in [6.07, 6.45) is 0. The number of ether oxygens (including phenoxy) is 1. The summed E-state index contributed by atoms with van der Waals surface area (Å²) in [7, 11) is 1.56. The molecule has 3 aromatic rings. The number of carbonyl (C=O) groups is 1. The Balaban J connectivity index is 1.81. The summed E-state index contributed by atoms with van der Waals surface area (Å²) in [5, 5.41) is 6.58. The summed E-state index contributed by atoms with van der Waals surface area (Å²) in [5.41, 5.74) is 2.57. The number of aromatic nitrogens is 2. The van der Waals surface area contributed by atoms with Crippen LogP contribution < -0.4 is 15.4 Å². The van der Waals surface area contributed by atoms with Gasteiger partial charge >= 0.3 is 0 Å². The Morgan fingerprint density at radius 1 is 1.11 bits per heavy atom. The summed E-state index contributed by atoms with van der Waals surface area (Å²) in [6.45, 7) is 3.73. The van der Waals surface area contributed by atoms with Crippen LogP contribution in [-0.4, -0.2) is 23.0 Å². The molecule has 1 unspecified atom stereocenters. The summed E-state index contributed by atoms with van der Waals surface area (Å²) >= 11 is 6.07. The van der Waals surface area contributed by atoms with Crippen molar-refractivity contribution in [3.05, 3.63) is 76.6 Å². The maximum Gasteiger partial charge on any atom is 0.270 e. The zero-order valence-corrected chi connectivity index (χ0v) is 16.6. The predicted molar refractivity (Wildman–Crippen MR) is 110 cm³/mol. The van der Waals surface area contributed by atoms with Crippen molar-refractivity contribution in [2.45, 2.75) is 19.9 Å². The molecular formula is C21H21ClN4O2. The van der Waals surface area contributed by atoms with Crippen LogP contribution in [0.1, 0.15) is 34.7 Å². The van der Waals surface area contributed by atoms with Crippen molar-refractivity contribution in [2.24, 2.45) is 0 Å². The number of hydrogen-bond acceptors (Lipinski definition) is 5. The second-order valence-electron chi connectivity index (χ2n) is 6.29. The number of rotatable bonds is 6. The van der Waals surface area contributed by atoms with Crippen LogP contribution in [0.2, 0.25) is 5.02 Å². The Hall–Kier alpha value is -3.12. The maximum absolute atomic E-state index is 12.7. The van der Waals surface area contributed by atoms with Gasteiger partial charge in [-0.3, -0.25) is 4.79 Å². The lowest BCUT2D eigenvalue weighted by Crippen LogP contribution is -2.27. The molecule has 2 aromatic carbocycles. The molecule has 0 saturated carbocycles. The number of halogens is 1. The predicted octanol–water partition coefficient (Wildman–Crippen LogP) is 4.68. The van der Waals surface area contributed by atoms with Crippen LogP contribution in [-0.2, 0) is 0 Å². The fourth-order valence-corrected chi connectivity index (χ4v) is 2.91. The zero-order valence-electron chi connectivity index (χ0n) is 15.9. The first-order valence-electron chi connectivity index (χ1n) is 8.78. The molecule has 7 heteroatoms. The van der Waals surface area contributed by atoms with Gasteiger partial charge in [0, 0.05) is 10.7 Å². The molecule has 144 valence electrons. The molecule has 0 bridgehead atoms. The van der Waals surface area contributed by atoms with Crippen molar-refractivity contribution in [1.82, 2.24) is 15.3 Å². The molecule has 0 spiro atoms. The van der Waals surface area contributed by atoms with Gasteiger partial charge in [0.2, 0.25) is 5.95 Å². The quantitative estimate of drug-likeness (QED) is 0.632. The van der Waals surface area contributed by atoms with Crippen LogP contribution in [0.15, 0.2) is 54.6 Å². The van der Waals surface area contributed by atoms with Gasteiger partial charge in [-0.25, -0.2) is 9.97 Å². The van der Waals surface area contributed by atoms with E-state index in [1.54, 1.807) is 38.3 Å². The zero-order chi connectivity index (χ0) is 20.1. The standard InChI is InChI=1S/C21H21ClN4O2/c1-13-11-18(20(27)24-14(2)15-7-5-4-6-8-15)26-21(23-13)25-17-12-16(22)9-10-19(17)28-3/h4-12,14H,1-3H3,(H,24,27)(H,23,25,26). The summed E-state index contributed by atoms with van der Waals surface area (Å²) in [5.74, 6) is 0.610. The first kappa shape index (κ1) is 19.6. The third-order valence-electron chi connectivity index (χ3n) is 4.14. The Labute approximate surface area is 168 Å². The van der Waals surface area contributed by atoms with Crippen molar-refractivity contribution in [1.29, 1.82) is 0 Å². The smallest absolute Gasteiger partial charge is 0.270 e. The summed E-state index contributed by atoms with van der Waals surface area (Å²) < 4.78 is 5.33. The van der Waals surface area contributed by atoms with Crippen molar-refractivity contribution in [3.8, 4) is 5.75 Å². The average molecular weight is 397 g/mol. The van der Waals surface area contributed by atoms with E-state index in [0.29, 0.717) is 22.2 Å². The maximum atomic E-state index is 12.7. The van der Waals surface area contributed by atoms with Gasteiger partial charge in [-0.05, 0) is 43.7 Å². The van der Waals surface area contributed by atoms with Crippen LogP contribution in [0.25, 0.3) is 0 Å². The highest BCUT2D eigenvalue weighted by Gasteiger charge is 2.15. The number of methoxy groups -OCH3 is 1. The topological polar surface area (TPSA) is 76.1 Å². The van der Waals surface area contributed by atoms with Crippen LogP contribution >= 0.6 is 11.6 Å². The number of carbonyl (C=O) groups excluding carboxylic acids is 1. The van der Waals surface area contributed by atoms with Crippen LogP contribution in [0.3, 0.4) is 0 Å². The van der Waals surface area contributed by atoms with Crippen LogP contribution in [0, 0.1) is 6.92 Å². The Kier molecular flexibility index (Phi) is 6.11. The molecule has 1 amide bonds. The largest absolute Gasteiger partial charge is 0.495 e. The monoisotopic (exact) mass is 396 g/mol. The lowest BCUT2D eigenvalue weighted by atomic mass is 10.1. The summed E-state index contributed by atoms with van der Waals surface area (Å²) in [4.78, 5) is 21.4. The lowest BCUT2D eigenvalue weighted by molar-refractivity contribution is 0.0934. The third-order valence-corrected chi connectivity index (χ3v) is 4.38. The van der Waals surface area contributed by atoms with E-state index in [4.69, 9.17) is 16.3 Å². The van der Waals surface area contributed by atoms with Gasteiger partial charge in [-0.1, -0.05) is 41.9 Å². The minimum Gasteiger partial charge on any atom is -0.495 e. The average Bonchev–Trinajstić information content (AvgIpc) is 2.68. The Bertz CT molecular complexity index is 979. The van der Waals surface area contributed by atoms with E-state index in [1.807, 2.05) is 37.3 Å². The van der Waals surface area contributed by atoms with Gasteiger partial charge in [0.1, 0.15) is 11.4 Å². The molecule has 1 aromatic heterocycles.